The molecule has 2 amide bonds. The Morgan fingerprint density at radius 2 is 1.85 bits per heavy atom. The maximum absolute atomic E-state index is 13.4. The minimum atomic E-state index is -3.21. The Hall–Kier alpha value is -3.52. The highest BCUT2D eigenvalue weighted by Gasteiger charge is 2.20. The van der Waals surface area contributed by atoms with Crippen LogP contribution in [0.15, 0.2) is 30.6 Å². The first kappa shape index (κ1) is 24.1. The van der Waals surface area contributed by atoms with Crippen LogP contribution in [0.5, 0.6) is 0 Å². The summed E-state index contributed by atoms with van der Waals surface area (Å²) in [4.78, 5) is 32.8. The summed E-state index contributed by atoms with van der Waals surface area (Å²) in [6.07, 6.45) is 3.51. The van der Waals surface area contributed by atoms with Crippen LogP contribution in [0.4, 0.5) is 25.3 Å². The Bertz CT molecular complexity index is 1300. The zero-order valence-electron chi connectivity index (χ0n) is 17.3. The van der Waals surface area contributed by atoms with Crippen LogP contribution < -0.4 is 16.0 Å². The summed E-state index contributed by atoms with van der Waals surface area (Å²) in [6.45, 7) is 1.55. The molecular formula is C19H18F2N6O4S2. The van der Waals surface area contributed by atoms with Crippen molar-refractivity contribution in [3.63, 3.8) is 0 Å². The molecule has 0 radical (unpaired) electrons. The Balaban J connectivity index is 1.68. The highest BCUT2D eigenvalue weighted by Crippen LogP contribution is 2.28. The molecule has 2 aromatic heterocycles. The number of rotatable bonds is 8. The van der Waals surface area contributed by atoms with Crippen LogP contribution in [0.25, 0.3) is 0 Å². The maximum Gasteiger partial charge on any atom is 0.271 e. The van der Waals surface area contributed by atoms with Crippen molar-refractivity contribution in [2.24, 2.45) is 0 Å². The molecule has 3 N–H and O–H groups in total. The molecule has 14 heteroatoms. The molecule has 0 aliphatic heterocycles. The summed E-state index contributed by atoms with van der Waals surface area (Å²) in [5.41, 5.74) is 0.624. The molecule has 0 aliphatic rings. The third kappa shape index (κ3) is 6.49. The number of halogens is 2. The molecule has 0 aliphatic carbocycles. The first-order valence-corrected chi connectivity index (χ1v) is 12.1. The van der Waals surface area contributed by atoms with Crippen LogP contribution in [0, 0.1) is 18.6 Å². The van der Waals surface area contributed by atoms with Crippen molar-refractivity contribution in [3.8, 4) is 0 Å². The van der Waals surface area contributed by atoms with E-state index in [-0.39, 0.29) is 35.1 Å². The van der Waals surface area contributed by atoms with Gasteiger partial charge in [0.25, 0.3) is 11.8 Å². The van der Waals surface area contributed by atoms with Crippen molar-refractivity contribution in [2.45, 2.75) is 6.92 Å². The number of hydrogen-bond acceptors (Lipinski definition) is 9. The molecule has 0 spiro atoms. The molecule has 0 unspecified atom stereocenters. The number of sulfone groups is 1. The van der Waals surface area contributed by atoms with E-state index in [0.29, 0.717) is 10.7 Å². The lowest BCUT2D eigenvalue weighted by molar-refractivity contribution is 0.0950. The monoisotopic (exact) mass is 496 g/mol. The number of anilines is 3. The summed E-state index contributed by atoms with van der Waals surface area (Å²) in [5, 5.41) is 8.13. The number of nitrogens with one attached hydrogen (secondary N) is 3. The van der Waals surface area contributed by atoms with E-state index in [2.05, 4.69) is 30.3 Å². The van der Waals surface area contributed by atoms with Crippen LogP contribution in [-0.2, 0) is 9.84 Å². The smallest absolute Gasteiger partial charge is 0.271 e. The van der Waals surface area contributed by atoms with Crippen LogP contribution in [0.2, 0.25) is 0 Å². The fraction of sp³-hybridized carbons (Fsp3) is 0.211. The molecule has 0 bridgehead atoms. The third-order valence-electron chi connectivity index (χ3n) is 4.15. The largest absolute Gasteiger partial charge is 0.350 e. The van der Waals surface area contributed by atoms with Crippen molar-refractivity contribution >= 4 is 49.7 Å². The zero-order chi connectivity index (χ0) is 24.2. The van der Waals surface area contributed by atoms with Crippen molar-refractivity contribution in [2.75, 3.05) is 29.2 Å². The van der Waals surface area contributed by atoms with Gasteiger partial charge in [0.05, 0.1) is 29.4 Å². The lowest BCUT2D eigenvalue weighted by atomic mass is 10.2. The number of nitrogens with zero attached hydrogens (tertiary/aromatic N) is 3. The highest BCUT2D eigenvalue weighted by atomic mass is 32.2. The molecule has 3 aromatic rings. The maximum atomic E-state index is 13.4. The predicted molar refractivity (Wildman–Crippen MR) is 119 cm³/mol. The van der Waals surface area contributed by atoms with Gasteiger partial charge < -0.3 is 16.0 Å². The average molecular weight is 497 g/mol. The van der Waals surface area contributed by atoms with Crippen LogP contribution in [0.3, 0.4) is 0 Å². The zero-order valence-corrected chi connectivity index (χ0v) is 19.0. The van der Waals surface area contributed by atoms with Crippen LogP contribution >= 0.6 is 11.5 Å². The molecule has 0 saturated heterocycles. The summed E-state index contributed by atoms with van der Waals surface area (Å²) in [5.74, 6) is -3.29. The van der Waals surface area contributed by atoms with Crippen molar-refractivity contribution in [3.05, 3.63) is 59.2 Å². The Kier molecular flexibility index (Phi) is 7.28. The summed E-state index contributed by atoms with van der Waals surface area (Å²) in [6, 6.07) is 2.99. The van der Waals surface area contributed by atoms with Gasteiger partial charge in [-0.2, -0.15) is 4.37 Å². The second-order valence-corrected chi connectivity index (χ2v) is 9.89. The summed E-state index contributed by atoms with van der Waals surface area (Å²) >= 11 is 0.979. The second kappa shape index (κ2) is 9.95. The fourth-order valence-corrected chi connectivity index (χ4v) is 3.83. The molecule has 3 rings (SSSR count). The topological polar surface area (TPSA) is 143 Å². The van der Waals surface area contributed by atoms with Gasteiger partial charge in [0.15, 0.2) is 11.6 Å². The number of amides is 2. The van der Waals surface area contributed by atoms with Gasteiger partial charge in [0.1, 0.15) is 26.4 Å². The van der Waals surface area contributed by atoms with Crippen LogP contribution in [0.1, 0.15) is 26.5 Å². The first-order valence-electron chi connectivity index (χ1n) is 9.31. The van der Waals surface area contributed by atoms with Crippen molar-refractivity contribution in [1.29, 1.82) is 0 Å². The second-order valence-electron chi connectivity index (χ2n) is 6.85. The minimum absolute atomic E-state index is 0.0224. The van der Waals surface area contributed by atoms with E-state index < -0.39 is 33.3 Å². The van der Waals surface area contributed by atoms with E-state index in [0.717, 1.165) is 29.9 Å². The van der Waals surface area contributed by atoms with E-state index in [1.165, 1.54) is 18.5 Å². The quantitative estimate of drug-likeness (QED) is 0.431. The van der Waals surface area contributed by atoms with Gasteiger partial charge in [0.2, 0.25) is 0 Å². The Morgan fingerprint density at radius 3 is 2.48 bits per heavy atom. The van der Waals surface area contributed by atoms with Gasteiger partial charge in [-0.05, 0) is 30.6 Å². The third-order valence-corrected chi connectivity index (χ3v) is 5.95. The van der Waals surface area contributed by atoms with Gasteiger partial charge >= 0.3 is 0 Å². The highest BCUT2D eigenvalue weighted by molar-refractivity contribution is 7.90. The predicted octanol–water partition coefficient (Wildman–Crippen LogP) is 2.29. The molecule has 0 saturated carbocycles. The van der Waals surface area contributed by atoms with Gasteiger partial charge in [-0.1, -0.05) is 0 Å². The van der Waals surface area contributed by atoms with E-state index in [1.54, 1.807) is 6.92 Å². The van der Waals surface area contributed by atoms with Crippen molar-refractivity contribution < 1.29 is 26.8 Å². The molecular weight excluding hydrogens is 478 g/mol. The molecule has 33 heavy (non-hydrogen) atoms. The number of benzene rings is 1. The SMILES string of the molecule is Cc1nsc(Nc2cnc(C(=O)NCCS(C)(=O)=O)cn2)c1C(=O)Nc1ccc(F)c(F)c1. The number of carbonyl (C=O) groups excluding carboxylic acids is 2. The lowest BCUT2D eigenvalue weighted by Crippen LogP contribution is -2.29. The fourth-order valence-electron chi connectivity index (χ4n) is 2.56. The van der Waals surface area contributed by atoms with Gasteiger partial charge in [0, 0.05) is 24.6 Å². The molecule has 10 nitrogen and oxygen atoms in total. The average Bonchev–Trinajstić information content (AvgIpc) is 3.10. The molecule has 2 heterocycles. The minimum Gasteiger partial charge on any atom is -0.350 e. The van der Waals surface area contributed by atoms with E-state index in [9.17, 15) is 26.8 Å². The molecule has 174 valence electrons. The Labute approximate surface area is 191 Å². The molecule has 1 aromatic carbocycles. The van der Waals surface area contributed by atoms with Gasteiger partial charge in [-0.3, -0.25) is 9.59 Å². The lowest BCUT2D eigenvalue weighted by Gasteiger charge is -2.09. The van der Waals surface area contributed by atoms with E-state index in [4.69, 9.17) is 0 Å². The van der Waals surface area contributed by atoms with E-state index >= 15 is 0 Å². The number of hydrogen-bond donors (Lipinski definition) is 3. The summed E-state index contributed by atoms with van der Waals surface area (Å²) in [7, 11) is -3.21. The van der Waals surface area contributed by atoms with Crippen molar-refractivity contribution in [1.82, 2.24) is 19.7 Å². The first-order chi connectivity index (χ1) is 15.5. The van der Waals surface area contributed by atoms with Gasteiger partial charge in [-0.15, -0.1) is 0 Å². The normalized spacial score (nSPS) is 11.2. The van der Waals surface area contributed by atoms with E-state index in [1.807, 2.05) is 0 Å². The number of aromatic nitrogens is 3. The number of aryl methyl sites for hydroxylation is 1. The molecule has 0 fully saturated rings. The van der Waals surface area contributed by atoms with Crippen LogP contribution in [-0.4, -0.2) is 53.1 Å². The molecule has 0 atom stereocenters. The van der Waals surface area contributed by atoms with Gasteiger partial charge in [-0.25, -0.2) is 27.2 Å². The summed E-state index contributed by atoms with van der Waals surface area (Å²) < 4.78 is 52.9. The standard InChI is InChI=1S/C19H18F2N6O4S2/c1-10-16(18(29)25-11-3-4-12(20)13(21)7-11)19(32-27-10)26-15-9-23-14(8-24-15)17(28)22-5-6-33(2,30)31/h3-4,7-9H,5-6H2,1-2H3,(H,22,28)(H,24,26)(H,25,29). The number of carbonyl (C=O) groups is 2. The Morgan fingerprint density at radius 1 is 1.09 bits per heavy atom.